The number of rotatable bonds is 5. The van der Waals surface area contributed by atoms with E-state index in [4.69, 9.17) is 9.72 Å². The molecule has 0 radical (unpaired) electrons. The summed E-state index contributed by atoms with van der Waals surface area (Å²) in [6.45, 7) is 4.37. The number of likely N-dealkylation sites (tertiary alicyclic amines) is 1. The molecule has 0 bridgehead atoms. The van der Waals surface area contributed by atoms with Crippen molar-refractivity contribution in [3.63, 3.8) is 0 Å². The van der Waals surface area contributed by atoms with E-state index in [0.717, 1.165) is 84.2 Å². The fraction of sp³-hybridized carbons (Fsp3) is 0.433. The molecule has 0 atom stereocenters. The van der Waals surface area contributed by atoms with Gasteiger partial charge >= 0.3 is 0 Å². The number of hydrogen-bond donors (Lipinski definition) is 1. The first kappa shape index (κ1) is 24.0. The summed E-state index contributed by atoms with van der Waals surface area (Å²) in [6.07, 6.45) is 4.96. The Labute approximate surface area is 226 Å². The molecule has 1 N–H and O–H groups in total. The molecule has 0 spiro atoms. The molecule has 38 heavy (non-hydrogen) atoms. The van der Waals surface area contributed by atoms with Gasteiger partial charge in [0.2, 0.25) is 0 Å². The van der Waals surface area contributed by atoms with Gasteiger partial charge in [-0.1, -0.05) is 24.3 Å². The fourth-order valence-corrected chi connectivity index (χ4v) is 6.98. The number of hydrogen-bond acceptors (Lipinski definition) is 6. The molecule has 4 aliphatic rings. The van der Waals surface area contributed by atoms with Gasteiger partial charge in [-0.15, -0.1) is 11.3 Å². The van der Waals surface area contributed by atoms with Gasteiger partial charge in [0.1, 0.15) is 5.69 Å². The lowest BCUT2D eigenvalue weighted by Gasteiger charge is -2.41. The Morgan fingerprint density at radius 2 is 1.79 bits per heavy atom. The molecular formula is C30H32N4O3S. The zero-order valence-corrected chi connectivity index (χ0v) is 22.2. The SMILES string of the molecule is O=C(NC1CC1)c1cc2c(s1)-c1ccccc1N(C(=O)c1cccc(C3CCN(C4COC4)CC3)n1)CC2. The smallest absolute Gasteiger partial charge is 0.276 e. The summed E-state index contributed by atoms with van der Waals surface area (Å²) < 4.78 is 5.37. The van der Waals surface area contributed by atoms with Crippen LogP contribution in [0, 0.1) is 0 Å². The normalized spacial score (nSPS) is 20.3. The highest BCUT2D eigenvalue weighted by Gasteiger charge is 2.32. The first-order chi connectivity index (χ1) is 18.6. The largest absolute Gasteiger partial charge is 0.378 e. The quantitative estimate of drug-likeness (QED) is 0.529. The predicted molar refractivity (Wildman–Crippen MR) is 148 cm³/mol. The maximum Gasteiger partial charge on any atom is 0.276 e. The molecule has 7 rings (SSSR count). The summed E-state index contributed by atoms with van der Waals surface area (Å²) >= 11 is 1.53. The van der Waals surface area contributed by atoms with E-state index in [9.17, 15) is 9.59 Å². The van der Waals surface area contributed by atoms with Crippen molar-refractivity contribution < 1.29 is 14.3 Å². The minimum Gasteiger partial charge on any atom is -0.378 e. The number of amides is 2. The Balaban J connectivity index is 1.12. The van der Waals surface area contributed by atoms with Crippen molar-refractivity contribution in [1.29, 1.82) is 0 Å². The standard InChI is InChI=1S/C30H32N4O3S/c35-29(31-21-8-9-21)27-16-20-12-15-34(26-7-2-1-4-23(26)28(20)38-27)30(36)25-6-3-5-24(32-25)19-10-13-33(14-11-19)22-17-37-18-22/h1-7,16,19,21-22H,8-15,17-18H2,(H,31,35). The highest BCUT2D eigenvalue weighted by molar-refractivity contribution is 7.17. The van der Waals surface area contributed by atoms with Crippen LogP contribution < -0.4 is 10.2 Å². The maximum absolute atomic E-state index is 13.9. The molecule has 3 aliphatic heterocycles. The Kier molecular flexibility index (Phi) is 6.26. The fourth-order valence-electron chi connectivity index (χ4n) is 5.83. The van der Waals surface area contributed by atoms with E-state index < -0.39 is 0 Å². The predicted octanol–water partition coefficient (Wildman–Crippen LogP) is 4.48. The van der Waals surface area contributed by atoms with Crippen LogP contribution in [0.2, 0.25) is 0 Å². The number of nitrogens with zero attached hydrogens (tertiary/aromatic N) is 3. The highest BCUT2D eigenvalue weighted by atomic mass is 32.1. The van der Waals surface area contributed by atoms with Gasteiger partial charge in [-0.3, -0.25) is 14.5 Å². The Hall–Kier alpha value is -3.07. The molecule has 1 saturated carbocycles. The van der Waals surface area contributed by atoms with Gasteiger partial charge < -0.3 is 15.0 Å². The third-order valence-electron chi connectivity index (χ3n) is 8.31. The van der Waals surface area contributed by atoms with E-state index in [1.165, 1.54) is 11.3 Å². The number of fused-ring (bicyclic) bond motifs is 3. The molecule has 3 fully saturated rings. The minimum atomic E-state index is -0.0646. The summed E-state index contributed by atoms with van der Waals surface area (Å²) in [5.74, 6) is 0.331. The monoisotopic (exact) mass is 528 g/mol. The number of carbonyl (C=O) groups excluding carboxylic acids is 2. The van der Waals surface area contributed by atoms with Crippen molar-refractivity contribution in [2.45, 2.75) is 50.1 Å². The van der Waals surface area contributed by atoms with Crippen LogP contribution in [0.1, 0.15) is 63.0 Å². The van der Waals surface area contributed by atoms with Crippen molar-refractivity contribution in [3.05, 3.63) is 70.4 Å². The van der Waals surface area contributed by atoms with Gasteiger partial charge in [0.15, 0.2) is 0 Å². The Bertz CT molecular complexity index is 1370. The molecule has 2 aromatic heterocycles. The Morgan fingerprint density at radius 1 is 0.974 bits per heavy atom. The van der Waals surface area contributed by atoms with Gasteiger partial charge in [-0.25, -0.2) is 4.98 Å². The number of anilines is 1. The first-order valence-corrected chi connectivity index (χ1v) is 14.6. The van der Waals surface area contributed by atoms with Crippen LogP contribution in [0.25, 0.3) is 10.4 Å². The second-order valence-electron chi connectivity index (χ2n) is 10.9. The van der Waals surface area contributed by atoms with Crippen LogP contribution in [0.5, 0.6) is 0 Å². The van der Waals surface area contributed by atoms with Crippen LogP contribution in [0.15, 0.2) is 48.5 Å². The average Bonchev–Trinajstić information content (AvgIpc) is 3.66. The number of para-hydroxylation sites is 1. The Morgan fingerprint density at radius 3 is 2.55 bits per heavy atom. The lowest BCUT2D eigenvalue weighted by Crippen LogP contribution is -2.51. The van der Waals surface area contributed by atoms with E-state index in [2.05, 4.69) is 22.3 Å². The molecule has 3 aromatic rings. The van der Waals surface area contributed by atoms with Crippen molar-refractivity contribution in [2.24, 2.45) is 0 Å². The van der Waals surface area contributed by atoms with E-state index in [-0.39, 0.29) is 11.8 Å². The average molecular weight is 529 g/mol. The van der Waals surface area contributed by atoms with Crippen molar-refractivity contribution in [1.82, 2.24) is 15.2 Å². The lowest BCUT2D eigenvalue weighted by molar-refractivity contribution is -0.0713. The second-order valence-corrected chi connectivity index (χ2v) is 11.9. The highest BCUT2D eigenvalue weighted by Crippen LogP contribution is 2.42. The van der Waals surface area contributed by atoms with Gasteiger partial charge in [-0.2, -0.15) is 0 Å². The second kappa shape index (κ2) is 9.91. The summed E-state index contributed by atoms with van der Waals surface area (Å²) in [5, 5.41) is 3.10. The molecule has 2 saturated heterocycles. The summed E-state index contributed by atoms with van der Waals surface area (Å²) in [7, 11) is 0. The van der Waals surface area contributed by atoms with Gasteiger partial charge in [0, 0.05) is 34.6 Å². The number of nitrogens with one attached hydrogen (secondary N) is 1. The lowest BCUT2D eigenvalue weighted by atomic mass is 9.92. The minimum absolute atomic E-state index is 0.0175. The number of thiophene rings is 1. The van der Waals surface area contributed by atoms with Crippen LogP contribution in [-0.4, -0.2) is 66.6 Å². The molecule has 0 unspecified atom stereocenters. The van der Waals surface area contributed by atoms with Crippen molar-refractivity contribution in [3.8, 4) is 10.4 Å². The van der Waals surface area contributed by atoms with Gasteiger partial charge in [0.25, 0.3) is 11.8 Å². The molecule has 1 aromatic carbocycles. The number of piperidine rings is 1. The molecule has 5 heterocycles. The van der Waals surface area contributed by atoms with E-state index in [0.29, 0.717) is 36.7 Å². The third kappa shape index (κ3) is 4.55. The van der Waals surface area contributed by atoms with Crippen molar-refractivity contribution in [2.75, 3.05) is 37.7 Å². The van der Waals surface area contributed by atoms with Gasteiger partial charge in [0.05, 0.1) is 29.8 Å². The molecule has 2 amide bonds. The van der Waals surface area contributed by atoms with Crippen LogP contribution in [-0.2, 0) is 11.2 Å². The van der Waals surface area contributed by atoms with E-state index in [1.807, 2.05) is 41.3 Å². The maximum atomic E-state index is 13.9. The van der Waals surface area contributed by atoms with Crippen molar-refractivity contribution >= 4 is 28.8 Å². The zero-order chi connectivity index (χ0) is 25.6. The van der Waals surface area contributed by atoms with Gasteiger partial charge in [-0.05, 0) is 75.0 Å². The number of aromatic nitrogens is 1. The van der Waals surface area contributed by atoms with E-state index in [1.54, 1.807) is 0 Å². The first-order valence-electron chi connectivity index (χ1n) is 13.8. The van der Waals surface area contributed by atoms with Crippen LogP contribution in [0.3, 0.4) is 0 Å². The molecule has 8 heteroatoms. The third-order valence-corrected chi connectivity index (χ3v) is 9.52. The number of carbonyl (C=O) groups is 2. The molecular weight excluding hydrogens is 496 g/mol. The summed E-state index contributed by atoms with van der Waals surface area (Å²) in [6, 6.07) is 16.9. The zero-order valence-electron chi connectivity index (χ0n) is 21.4. The van der Waals surface area contributed by atoms with Crippen LogP contribution in [0.4, 0.5) is 5.69 Å². The summed E-state index contributed by atoms with van der Waals surface area (Å²) in [5.41, 5.74) is 4.54. The summed E-state index contributed by atoms with van der Waals surface area (Å²) in [4.78, 5) is 37.8. The topological polar surface area (TPSA) is 74.8 Å². The number of ether oxygens (including phenoxy) is 1. The molecule has 7 nitrogen and oxygen atoms in total. The number of pyridine rings is 1. The molecule has 1 aliphatic carbocycles. The molecule has 196 valence electrons. The number of benzene rings is 1. The van der Waals surface area contributed by atoms with E-state index >= 15 is 0 Å². The van der Waals surface area contributed by atoms with Crippen LogP contribution >= 0.6 is 11.3 Å².